The van der Waals surface area contributed by atoms with Crippen LogP contribution in [-0.2, 0) is 35.0 Å². The molecule has 0 spiro atoms. The van der Waals surface area contributed by atoms with Crippen LogP contribution in [0.5, 0.6) is 11.5 Å². The molecule has 12 heteroatoms. The molecule has 204 valence electrons. The van der Waals surface area contributed by atoms with Gasteiger partial charge in [-0.05, 0) is 32.8 Å². The first-order chi connectivity index (χ1) is 18.1. The highest BCUT2D eigenvalue weighted by Crippen LogP contribution is 2.28. The minimum absolute atomic E-state index is 0.000675. The molecule has 1 aliphatic rings. The Bertz CT molecular complexity index is 1150. The number of hydrogen-bond donors (Lipinski definition) is 2. The number of carbonyl (C=O) groups excluding carboxylic acids is 4. The third kappa shape index (κ3) is 7.11. The van der Waals surface area contributed by atoms with Crippen molar-refractivity contribution in [2.45, 2.75) is 51.5 Å². The highest BCUT2D eigenvalue weighted by Gasteiger charge is 2.42. The van der Waals surface area contributed by atoms with Crippen molar-refractivity contribution in [1.29, 1.82) is 0 Å². The van der Waals surface area contributed by atoms with Crippen LogP contribution >= 0.6 is 0 Å². The van der Waals surface area contributed by atoms with Gasteiger partial charge in [0.05, 0.1) is 13.2 Å². The van der Waals surface area contributed by atoms with E-state index in [4.69, 9.17) is 23.7 Å². The Kier molecular flexibility index (Phi) is 9.47. The van der Waals surface area contributed by atoms with E-state index in [0.29, 0.717) is 0 Å². The molecule has 0 bridgehead atoms. The van der Waals surface area contributed by atoms with E-state index in [1.807, 2.05) is 6.07 Å². The number of nitrogens with zero attached hydrogens (tertiary/aromatic N) is 1. The van der Waals surface area contributed by atoms with Crippen molar-refractivity contribution in [1.82, 2.24) is 10.3 Å². The fourth-order valence-electron chi connectivity index (χ4n) is 3.81. The number of benzene rings is 1. The predicted octanol–water partition coefficient (Wildman–Crippen LogP) is 2.17. The normalized spacial score (nSPS) is 21.7. The maximum Gasteiger partial charge on any atom is 0.508 e. The van der Waals surface area contributed by atoms with E-state index in [1.165, 1.54) is 26.3 Å². The van der Waals surface area contributed by atoms with E-state index >= 15 is 0 Å². The van der Waals surface area contributed by atoms with Crippen molar-refractivity contribution in [3.05, 3.63) is 53.9 Å². The summed E-state index contributed by atoms with van der Waals surface area (Å²) < 4.78 is 26.4. The van der Waals surface area contributed by atoms with Crippen LogP contribution in [0.2, 0.25) is 0 Å². The predicted molar refractivity (Wildman–Crippen MR) is 130 cm³/mol. The topological polar surface area (TPSA) is 160 Å². The smallest absolute Gasteiger partial charge is 0.503 e. The number of esters is 2. The van der Waals surface area contributed by atoms with Gasteiger partial charge in [-0.25, -0.2) is 14.6 Å². The van der Waals surface area contributed by atoms with E-state index in [1.54, 1.807) is 38.1 Å². The first-order valence-electron chi connectivity index (χ1n) is 11.9. The molecule has 1 amide bonds. The molecule has 0 aliphatic carbocycles. The van der Waals surface area contributed by atoms with Gasteiger partial charge >= 0.3 is 18.1 Å². The Morgan fingerprint density at radius 2 is 1.87 bits per heavy atom. The van der Waals surface area contributed by atoms with Crippen LogP contribution in [0.1, 0.15) is 36.8 Å². The summed E-state index contributed by atoms with van der Waals surface area (Å²) in [6, 6.07) is 8.87. The van der Waals surface area contributed by atoms with Gasteiger partial charge in [-0.3, -0.25) is 9.59 Å². The lowest BCUT2D eigenvalue weighted by Gasteiger charge is -2.29. The summed E-state index contributed by atoms with van der Waals surface area (Å²) in [6.07, 6.45) is -2.55. The molecule has 1 fully saturated rings. The molecular weight excluding hydrogens is 500 g/mol. The number of nitrogens with one attached hydrogen (secondary N) is 1. The minimum atomic E-state index is -1.44. The van der Waals surface area contributed by atoms with E-state index in [-0.39, 0.29) is 12.2 Å². The second-order valence-electron chi connectivity index (χ2n) is 8.80. The standard InChI is InChI=1S/C26H30N2O10/c1-14(2)36-26(33)38-22-15(3)37-25(32)18(28-23(30)20-21(29)19(34-4)10-11-27-20)13-35-24(31)17(22)12-16-8-6-5-7-9-16/h5-11,14-15,17-18,22,29H,12-13H2,1-4H3,(H,28,30)/t15-,17+,18?,22?/m0/s1. The third-order valence-corrected chi connectivity index (χ3v) is 5.63. The average Bonchev–Trinajstić information content (AvgIpc) is 2.91. The van der Waals surface area contributed by atoms with Gasteiger partial charge in [-0.15, -0.1) is 0 Å². The van der Waals surface area contributed by atoms with E-state index in [9.17, 15) is 24.3 Å². The van der Waals surface area contributed by atoms with Gasteiger partial charge in [0, 0.05) is 12.3 Å². The summed E-state index contributed by atoms with van der Waals surface area (Å²) in [6.45, 7) is 4.14. The molecule has 3 rings (SSSR count). The van der Waals surface area contributed by atoms with Gasteiger partial charge in [0.25, 0.3) is 5.91 Å². The number of cyclic esters (lactones) is 2. The summed E-state index contributed by atoms with van der Waals surface area (Å²) in [4.78, 5) is 55.2. The Labute approximate surface area is 219 Å². The minimum Gasteiger partial charge on any atom is -0.503 e. The summed E-state index contributed by atoms with van der Waals surface area (Å²) in [7, 11) is 1.30. The second kappa shape index (κ2) is 12.7. The largest absolute Gasteiger partial charge is 0.508 e. The van der Waals surface area contributed by atoms with Crippen LogP contribution in [0.3, 0.4) is 0 Å². The fourth-order valence-corrected chi connectivity index (χ4v) is 3.81. The van der Waals surface area contributed by atoms with Crippen molar-refractivity contribution < 1.29 is 48.0 Å². The van der Waals surface area contributed by atoms with E-state index in [2.05, 4.69) is 10.3 Å². The molecule has 0 radical (unpaired) electrons. The quantitative estimate of drug-likeness (QED) is 0.399. The lowest BCUT2D eigenvalue weighted by molar-refractivity contribution is -0.161. The molecule has 1 aromatic carbocycles. The number of ether oxygens (including phenoxy) is 5. The highest BCUT2D eigenvalue weighted by atomic mass is 16.7. The number of carbonyl (C=O) groups is 4. The lowest BCUT2D eigenvalue weighted by Crippen LogP contribution is -2.46. The first kappa shape index (κ1) is 28.2. The first-order valence-corrected chi connectivity index (χ1v) is 11.9. The molecule has 1 aromatic heterocycles. The average molecular weight is 531 g/mol. The Balaban J connectivity index is 1.86. The number of amides is 1. The van der Waals surface area contributed by atoms with Crippen LogP contribution in [0.4, 0.5) is 4.79 Å². The molecule has 1 aliphatic heterocycles. The zero-order chi connectivity index (χ0) is 27.8. The summed E-state index contributed by atoms with van der Waals surface area (Å²) in [5.41, 5.74) is 0.346. The van der Waals surface area contributed by atoms with Gasteiger partial charge < -0.3 is 34.1 Å². The molecule has 2 N–H and O–H groups in total. The number of aromatic nitrogens is 1. The number of hydrogen-bond acceptors (Lipinski definition) is 11. The molecule has 2 aromatic rings. The molecular formula is C26H30N2O10. The molecule has 12 nitrogen and oxygen atoms in total. The van der Waals surface area contributed by atoms with Gasteiger partial charge in [-0.2, -0.15) is 0 Å². The van der Waals surface area contributed by atoms with Gasteiger partial charge in [0.2, 0.25) is 0 Å². The maximum absolute atomic E-state index is 13.2. The number of pyridine rings is 1. The number of methoxy groups -OCH3 is 1. The summed E-state index contributed by atoms with van der Waals surface area (Å²) >= 11 is 0. The van der Waals surface area contributed by atoms with E-state index in [0.717, 1.165) is 5.56 Å². The molecule has 4 atom stereocenters. The van der Waals surface area contributed by atoms with E-state index < -0.39 is 72.3 Å². The summed E-state index contributed by atoms with van der Waals surface area (Å²) in [5, 5.41) is 12.6. The van der Waals surface area contributed by atoms with Crippen molar-refractivity contribution in [3.8, 4) is 11.5 Å². The zero-order valence-corrected chi connectivity index (χ0v) is 21.4. The van der Waals surface area contributed by atoms with Gasteiger partial charge in [0.15, 0.2) is 29.3 Å². The van der Waals surface area contributed by atoms with Crippen LogP contribution in [0.15, 0.2) is 42.6 Å². The number of aromatic hydroxyl groups is 1. The van der Waals surface area contributed by atoms with Crippen molar-refractivity contribution in [2.75, 3.05) is 13.7 Å². The Morgan fingerprint density at radius 1 is 1.16 bits per heavy atom. The van der Waals surface area contributed by atoms with Crippen molar-refractivity contribution in [2.24, 2.45) is 5.92 Å². The number of rotatable bonds is 7. The maximum atomic E-state index is 13.2. The Hall–Kier alpha value is -4.35. The SMILES string of the molecule is COc1ccnc(C(=O)NC2COC(=O)[C@H](Cc3ccccc3)C(OC(=O)OC(C)C)[C@H](C)OC2=O)c1O. The van der Waals surface area contributed by atoms with Crippen LogP contribution in [-0.4, -0.2) is 72.2 Å². The molecule has 38 heavy (non-hydrogen) atoms. The van der Waals surface area contributed by atoms with Crippen molar-refractivity contribution >= 4 is 24.0 Å². The molecule has 1 saturated heterocycles. The van der Waals surface area contributed by atoms with Gasteiger partial charge in [0.1, 0.15) is 18.6 Å². The second-order valence-corrected chi connectivity index (χ2v) is 8.80. The summed E-state index contributed by atoms with van der Waals surface area (Å²) in [5.74, 6) is -4.25. The van der Waals surface area contributed by atoms with Crippen LogP contribution < -0.4 is 10.1 Å². The molecule has 2 unspecified atom stereocenters. The molecule has 2 heterocycles. The fraction of sp³-hybridized carbons (Fsp3) is 0.423. The zero-order valence-electron chi connectivity index (χ0n) is 21.4. The Morgan fingerprint density at radius 3 is 2.53 bits per heavy atom. The van der Waals surface area contributed by atoms with Crippen LogP contribution in [0, 0.1) is 5.92 Å². The monoisotopic (exact) mass is 530 g/mol. The van der Waals surface area contributed by atoms with Crippen LogP contribution in [0.25, 0.3) is 0 Å². The molecule has 0 saturated carbocycles. The van der Waals surface area contributed by atoms with Gasteiger partial charge in [-0.1, -0.05) is 30.3 Å². The van der Waals surface area contributed by atoms with Crippen molar-refractivity contribution in [3.63, 3.8) is 0 Å². The lowest BCUT2D eigenvalue weighted by atomic mass is 9.91. The third-order valence-electron chi connectivity index (χ3n) is 5.63. The highest BCUT2D eigenvalue weighted by molar-refractivity contribution is 5.98.